The number of terminal acetylenes is 1. The summed E-state index contributed by atoms with van der Waals surface area (Å²) in [7, 11) is 1.40. The summed E-state index contributed by atoms with van der Waals surface area (Å²) in [5.74, 6) is 1.70. The molecule has 1 aromatic rings. The minimum Gasteiger partial charge on any atom is -0.496 e. The van der Waals surface area contributed by atoms with Crippen LogP contribution < -0.4 is 10.1 Å². The predicted molar refractivity (Wildman–Crippen MR) is 68.0 cm³/mol. The zero-order valence-corrected chi connectivity index (χ0v) is 10.3. The Hall–Kier alpha value is -2.02. The Balaban J connectivity index is 2.59. The molecule has 1 rings (SSSR count). The van der Waals surface area contributed by atoms with Gasteiger partial charge >= 0.3 is 0 Å². The van der Waals surface area contributed by atoms with Crippen molar-refractivity contribution in [3.05, 3.63) is 29.6 Å². The predicted octanol–water partition coefficient (Wildman–Crippen LogP) is 2.37. The first-order chi connectivity index (χ1) is 8.70. The van der Waals surface area contributed by atoms with Gasteiger partial charge in [0.1, 0.15) is 17.1 Å². The summed E-state index contributed by atoms with van der Waals surface area (Å²) in [6, 6.07) is 4.28. The highest BCUT2D eigenvalue weighted by molar-refractivity contribution is 5.97. The molecule has 18 heavy (non-hydrogen) atoms. The quantitative estimate of drug-likeness (QED) is 0.621. The van der Waals surface area contributed by atoms with E-state index in [9.17, 15) is 9.18 Å². The number of nitrogens with one attached hydrogen (secondary N) is 1. The van der Waals surface area contributed by atoms with Gasteiger partial charge in [-0.3, -0.25) is 4.79 Å². The Morgan fingerprint density at radius 2 is 2.28 bits per heavy atom. The molecule has 0 radical (unpaired) electrons. The molecule has 0 heterocycles. The maximum atomic E-state index is 13.6. The number of ether oxygens (including phenoxy) is 1. The summed E-state index contributed by atoms with van der Waals surface area (Å²) in [5, 5.41) is 2.65. The van der Waals surface area contributed by atoms with Crippen molar-refractivity contribution < 1.29 is 13.9 Å². The third kappa shape index (κ3) is 3.77. The molecule has 0 bridgehead atoms. The van der Waals surface area contributed by atoms with E-state index in [1.165, 1.54) is 19.2 Å². The van der Waals surface area contributed by atoms with E-state index in [1.807, 2.05) is 0 Å². The average Bonchev–Trinajstić information content (AvgIpc) is 2.37. The number of rotatable bonds is 6. The number of hydrogen-bond donors (Lipinski definition) is 1. The lowest BCUT2D eigenvalue weighted by Gasteiger charge is -2.09. The van der Waals surface area contributed by atoms with Crippen LogP contribution in [0.2, 0.25) is 0 Å². The number of benzene rings is 1. The van der Waals surface area contributed by atoms with Gasteiger partial charge in [0, 0.05) is 13.0 Å². The summed E-state index contributed by atoms with van der Waals surface area (Å²) < 4.78 is 18.5. The Morgan fingerprint density at radius 1 is 1.50 bits per heavy atom. The third-order valence-electron chi connectivity index (χ3n) is 2.46. The van der Waals surface area contributed by atoms with E-state index < -0.39 is 11.7 Å². The molecule has 0 aliphatic heterocycles. The lowest BCUT2D eigenvalue weighted by Crippen LogP contribution is -2.25. The molecule has 4 heteroatoms. The fourth-order valence-electron chi connectivity index (χ4n) is 1.54. The molecule has 0 spiro atoms. The van der Waals surface area contributed by atoms with Crippen LogP contribution in [0.15, 0.2) is 18.2 Å². The van der Waals surface area contributed by atoms with Crippen molar-refractivity contribution in [2.75, 3.05) is 13.7 Å². The van der Waals surface area contributed by atoms with Crippen LogP contribution in [-0.4, -0.2) is 19.6 Å². The van der Waals surface area contributed by atoms with Gasteiger partial charge < -0.3 is 10.1 Å². The van der Waals surface area contributed by atoms with Crippen LogP contribution in [0.5, 0.6) is 5.75 Å². The van der Waals surface area contributed by atoms with Gasteiger partial charge in [-0.2, -0.15) is 0 Å². The Kier molecular flexibility index (Phi) is 5.72. The second kappa shape index (κ2) is 7.33. The van der Waals surface area contributed by atoms with Crippen LogP contribution in [0.25, 0.3) is 0 Å². The van der Waals surface area contributed by atoms with Crippen molar-refractivity contribution in [1.82, 2.24) is 5.32 Å². The summed E-state index contributed by atoms with van der Waals surface area (Å²) in [4.78, 5) is 11.8. The molecular weight excluding hydrogens is 233 g/mol. The average molecular weight is 249 g/mol. The number of carbonyl (C=O) groups is 1. The molecule has 1 N–H and O–H groups in total. The summed E-state index contributed by atoms with van der Waals surface area (Å²) >= 11 is 0. The number of unbranched alkanes of at least 4 members (excludes halogenated alkanes) is 2. The standard InChI is InChI=1S/C14H16FNO2/c1-3-4-5-6-10-16-14(17)13-11(15)8-7-9-12(13)18-2/h1,7-9H,4-6,10H2,2H3,(H,16,17). The highest BCUT2D eigenvalue weighted by Gasteiger charge is 2.16. The molecule has 0 aliphatic rings. The topological polar surface area (TPSA) is 38.3 Å². The van der Waals surface area contributed by atoms with Crippen molar-refractivity contribution in [3.63, 3.8) is 0 Å². The Labute approximate surface area is 106 Å². The van der Waals surface area contributed by atoms with Crippen molar-refractivity contribution in [1.29, 1.82) is 0 Å². The highest BCUT2D eigenvalue weighted by Crippen LogP contribution is 2.20. The van der Waals surface area contributed by atoms with Gasteiger partial charge in [-0.1, -0.05) is 6.07 Å². The van der Waals surface area contributed by atoms with E-state index in [0.29, 0.717) is 13.0 Å². The first kappa shape index (κ1) is 14.0. The summed E-state index contributed by atoms with van der Waals surface area (Å²) in [6.45, 7) is 0.470. The third-order valence-corrected chi connectivity index (χ3v) is 2.46. The van der Waals surface area contributed by atoms with Gasteiger partial charge in [-0.25, -0.2) is 4.39 Å². The minimum absolute atomic E-state index is 0.0584. The number of carbonyl (C=O) groups excluding carboxylic acids is 1. The monoisotopic (exact) mass is 249 g/mol. The SMILES string of the molecule is C#CCCCCNC(=O)c1c(F)cccc1OC. The van der Waals surface area contributed by atoms with E-state index in [2.05, 4.69) is 11.2 Å². The molecule has 1 amide bonds. The normalized spacial score (nSPS) is 9.61. The molecule has 0 saturated heterocycles. The van der Waals surface area contributed by atoms with Gasteiger partial charge in [-0.05, 0) is 25.0 Å². The zero-order chi connectivity index (χ0) is 13.4. The molecule has 0 aromatic heterocycles. The fourth-order valence-corrected chi connectivity index (χ4v) is 1.54. The van der Waals surface area contributed by atoms with Gasteiger partial charge in [0.15, 0.2) is 0 Å². The maximum Gasteiger partial charge on any atom is 0.258 e. The van der Waals surface area contributed by atoms with Gasteiger partial charge in [0.2, 0.25) is 0 Å². The first-order valence-electron chi connectivity index (χ1n) is 5.75. The molecule has 0 aliphatic carbocycles. The van der Waals surface area contributed by atoms with E-state index in [-0.39, 0.29) is 11.3 Å². The largest absolute Gasteiger partial charge is 0.496 e. The Bertz CT molecular complexity index is 452. The van der Waals surface area contributed by atoms with Crippen LogP contribution in [0.4, 0.5) is 4.39 Å². The number of halogens is 1. The Morgan fingerprint density at radius 3 is 2.94 bits per heavy atom. The molecule has 0 atom stereocenters. The van der Waals surface area contributed by atoms with Crippen LogP contribution in [0.1, 0.15) is 29.6 Å². The molecule has 0 saturated carbocycles. The smallest absolute Gasteiger partial charge is 0.258 e. The second-order valence-electron chi connectivity index (χ2n) is 3.73. The van der Waals surface area contributed by atoms with Crippen LogP contribution in [0, 0.1) is 18.2 Å². The summed E-state index contributed by atoms with van der Waals surface area (Å²) in [5.41, 5.74) is -0.0584. The number of amides is 1. The summed E-state index contributed by atoms with van der Waals surface area (Å²) in [6.07, 6.45) is 7.40. The molecule has 1 aromatic carbocycles. The van der Waals surface area contributed by atoms with Gasteiger partial charge in [0.25, 0.3) is 5.91 Å². The van der Waals surface area contributed by atoms with Gasteiger partial charge in [-0.15, -0.1) is 12.3 Å². The van der Waals surface area contributed by atoms with E-state index in [1.54, 1.807) is 6.07 Å². The molecule has 3 nitrogen and oxygen atoms in total. The van der Waals surface area contributed by atoms with Crippen molar-refractivity contribution in [3.8, 4) is 18.1 Å². The molecule has 0 unspecified atom stereocenters. The van der Waals surface area contributed by atoms with Crippen LogP contribution in [0.3, 0.4) is 0 Å². The van der Waals surface area contributed by atoms with Crippen molar-refractivity contribution in [2.24, 2.45) is 0 Å². The highest BCUT2D eigenvalue weighted by atomic mass is 19.1. The first-order valence-corrected chi connectivity index (χ1v) is 5.75. The van der Waals surface area contributed by atoms with Crippen molar-refractivity contribution in [2.45, 2.75) is 19.3 Å². The maximum absolute atomic E-state index is 13.6. The zero-order valence-electron chi connectivity index (χ0n) is 10.3. The lowest BCUT2D eigenvalue weighted by molar-refractivity contribution is 0.0945. The molecule has 0 fully saturated rings. The minimum atomic E-state index is -0.588. The van der Waals surface area contributed by atoms with Crippen LogP contribution in [-0.2, 0) is 0 Å². The van der Waals surface area contributed by atoms with E-state index >= 15 is 0 Å². The second-order valence-corrected chi connectivity index (χ2v) is 3.73. The van der Waals surface area contributed by atoms with Gasteiger partial charge in [0.05, 0.1) is 7.11 Å². The molecular formula is C14H16FNO2. The number of hydrogen-bond acceptors (Lipinski definition) is 2. The lowest BCUT2D eigenvalue weighted by atomic mass is 10.1. The van der Waals surface area contributed by atoms with Crippen LogP contribution >= 0.6 is 0 Å². The van der Waals surface area contributed by atoms with Crippen molar-refractivity contribution >= 4 is 5.91 Å². The number of methoxy groups -OCH3 is 1. The van der Waals surface area contributed by atoms with E-state index in [0.717, 1.165) is 12.8 Å². The van der Waals surface area contributed by atoms with E-state index in [4.69, 9.17) is 11.2 Å². The fraction of sp³-hybridized carbons (Fsp3) is 0.357. The molecule has 96 valence electrons.